The predicted octanol–water partition coefficient (Wildman–Crippen LogP) is 2.94. The average molecular weight is 278 g/mol. The van der Waals surface area contributed by atoms with Gasteiger partial charge in [-0.2, -0.15) is 18.4 Å². The second-order valence-corrected chi connectivity index (χ2v) is 3.74. The summed E-state index contributed by atoms with van der Waals surface area (Å²) in [7, 11) is 0. The Bertz CT molecular complexity index is 520. The first kappa shape index (κ1) is 14.3. The first-order valence-electron chi connectivity index (χ1n) is 4.70. The van der Waals surface area contributed by atoms with Gasteiger partial charge in [-0.1, -0.05) is 0 Å². The molecule has 0 aromatic heterocycles. The zero-order valence-corrected chi connectivity index (χ0v) is 9.64. The number of hydrogen-bond donors (Lipinski definition) is 1. The van der Waals surface area contributed by atoms with E-state index in [2.05, 4.69) is 0 Å². The van der Waals surface area contributed by atoms with Crippen LogP contribution in [0.3, 0.4) is 0 Å². The zero-order chi connectivity index (χ0) is 13.9. The zero-order valence-electron chi connectivity index (χ0n) is 8.88. The smallest absolute Gasteiger partial charge is 0.416 e. The number of hydrogen-bond acceptors (Lipinski definition) is 2. The molecule has 1 aromatic carbocycles. The third kappa shape index (κ3) is 3.14. The van der Waals surface area contributed by atoms with Gasteiger partial charge in [-0.05, 0) is 23.3 Å². The van der Waals surface area contributed by atoms with Gasteiger partial charge in [0.15, 0.2) is 0 Å². The standard InChI is InChI=1S/C11H7ClF3NO2/c12-4-9-6(3-10(17)18)1-8(11(13,14)15)2-7(9)5-16/h1-2H,3-4H2,(H,17,18). The van der Waals surface area contributed by atoms with Crippen LogP contribution in [-0.4, -0.2) is 11.1 Å². The molecule has 0 radical (unpaired) electrons. The Hall–Kier alpha value is -1.74. The summed E-state index contributed by atoms with van der Waals surface area (Å²) in [5, 5.41) is 17.4. The van der Waals surface area contributed by atoms with Crippen molar-refractivity contribution < 1.29 is 23.1 Å². The van der Waals surface area contributed by atoms with Gasteiger partial charge in [0.25, 0.3) is 0 Å². The summed E-state index contributed by atoms with van der Waals surface area (Å²) in [4.78, 5) is 10.6. The maximum Gasteiger partial charge on any atom is 0.416 e. The lowest BCUT2D eigenvalue weighted by Crippen LogP contribution is -2.11. The van der Waals surface area contributed by atoms with E-state index in [1.165, 1.54) is 0 Å². The van der Waals surface area contributed by atoms with Crippen LogP contribution in [0.4, 0.5) is 13.2 Å². The highest BCUT2D eigenvalue weighted by molar-refractivity contribution is 6.17. The molecule has 0 aliphatic carbocycles. The van der Waals surface area contributed by atoms with Crippen molar-refractivity contribution in [3.63, 3.8) is 0 Å². The molecular weight excluding hydrogens is 271 g/mol. The molecule has 0 aliphatic rings. The van der Waals surface area contributed by atoms with Crippen LogP contribution in [0.1, 0.15) is 22.3 Å². The van der Waals surface area contributed by atoms with Crippen LogP contribution < -0.4 is 0 Å². The Morgan fingerprint density at radius 3 is 2.44 bits per heavy atom. The predicted molar refractivity (Wildman–Crippen MR) is 57.1 cm³/mol. The summed E-state index contributed by atoms with van der Waals surface area (Å²) in [6.07, 6.45) is -5.25. The monoisotopic (exact) mass is 277 g/mol. The van der Waals surface area contributed by atoms with Crippen molar-refractivity contribution in [2.24, 2.45) is 0 Å². The van der Waals surface area contributed by atoms with E-state index in [1.807, 2.05) is 0 Å². The van der Waals surface area contributed by atoms with Gasteiger partial charge in [0.1, 0.15) is 0 Å². The largest absolute Gasteiger partial charge is 0.481 e. The number of halogens is 4. The SMILES string of the molecule is N#Cc1cc(C(F)(F)F)cc(CC(=O)O)c1CCl. The van der Waals surface area contributed by atoms with Gasteiger partial charge in [0.05, 0.1) is 23.6 Å². The van der Waals surface area contributed by atoms with E-state index in [0.717, 1.165) is 0 Å². The van der Waals surface area contributed by atoms with Crippen LogP contribution in [0.2, 0.25) is 0 Å². The highest BCUT2D eigenvalue weighted by Gasteiger charge is 2.32. The third-order valence-electron chi connectivity index (χ3n) is 2.27. The molecule has 0 saturated heterocycles. The van der Waals surface area contributed by atoms with E-state index in [9.17, 15) is 18.0 Å². The minimum absolute atomic E-state index is 0.0936. The molecule has 0 unspecified atom stereocenters. The van der Waals surface area contributed by atoms with Crippen LogP contribution in [0, 0.1) is 11.3 Å². The van der Waals surface area contributed by atoms with E-state index in [4.69, 9.17) is 22.0 Å². The molecular formula is C11H7ClF3NO2. The van der Waals surface area contributed by atoms with E-state index < -0.39 is 24.1 Å². The number of rotatable bonds is 3. The summed E-state index contributed by atoms with van der Waals surface area (Å²) < 4.78 is 37.7. The molecule has 0 heterocycles. The number of nitrogens with zero attached hydrogens (tertiary/aromatic N) is 1. The number of carboxylic acids is 1. The van der Waals surface area contributed by atoms with Crippen LogP contribution in [-0.2, 0) is 23.3 Å². The topological polar surface area (TPSA) is 61.1 Å². The van der Waals surface area contributed by atoms with Crippen molar-refractivity contribution >= 4 is 17.6 Å². The molecule has 0 spiro atoms. The van der Waals surface area contributed by atoms with Crippen LogP contribution in [0.15, 0.2) is 12.1 Å². The van der Waals surface area contributed by atoms with Crippen LogP contribution >= 0.6 is 11.6 Å². The summed E-state index contributed by atoms with van der Waals surface area (Å²) in [5.41, 5.74) is -1.28. The fourth-order valence-corrected chi connectivity index (χ4v) is 1.79. The maximum absolute atomic E-state index is 12.6. The molecule has 7 heteroatoms. The molecule has 0 amide bonds. The van der Waals surface area contributed by atoms with Crippen molar-refractivity contribution in [1.29, 1.82) is 5.26 Å². The summed E-state index contributed by atoms with van der Waals surface area (Å²) in [6.45, 7) is 0. The number of alkyl halides is 4. The quantitative estimate of drug-likeness (QED) is 0.864. The minimum Gasteiger partial charge on any atom is -0.481 e. The first-order chi connectivity index (χ1) is 8.29. The second-order valence-electron chi connectivity index (χ2n) is 3.48. The lowest BCUT2D eigenvalue weighted by Gasteiger charge is -2.13. The van der Waals surface area contributed by atoms with Crippen molar-refractivity contribution in [3.8, 4) is 6.07 Å². The molecule has 0 aliphatic heterocycles. The van der Waals surface area contributed by atoms with E-state index in [1.54, 1.807) is 6.07 Å². The Balaban J connectivity index is 3.46. The molecule has 0 atom stereocenters. The number of carboxylic acid groups (broad SMARTS) is 1. The van der Waals surface area contributed by atoms with E-state index in [-0.39, 0.29) is 22.6 Å². The number of nitriles is 1. The molecule has 18 heavy (non-hydrogen) atoms. The number of carbonyl (C=O) groups is 1. The highest BCUT2D eigenvalue weighted by Crippen LogP contribution is 2.32. The Kier molecular flexibility index (Phi) is 4.19. The van der Waals surface area contributed by atoms with Gasteiger partial charge in [0, 0.05) is 5.88 Å². The van der Waals surface area contributed by atoms with Gasteiger partial charge >= 0.3 is 12.1 Å². The van der Waals surface area contributed by atoms with Crippen molar-refractivity contribution in [2.75, 3.05) is 0 Å². The molecule has 1 aromatic rings. The Morgan fingerprint density at radius 1 is 1.44 bits per heavy atom. The summed E-state index contributed by atoms with van der Waals surface area (Å²) in [6, 6.07) is 2.98. The first-order valence-corrected chi connectivity index (χ1v) is 5.24. The highest BCUT2D eigenvalue weighted by atomic mass is 35.5. The maximum atomic E-state index is 12.6. The molecule has 1 N–H and O–H groups in total. The van der Waals surface area contributed by atoms with Crippen molar-refractivity contribution in [1.82, 2.24) is 0 Å². The normalized spacial score (nSPS) is 11.1. The van der Waals surface area contributed by atoms with Gasteiger partial charge < -0.3 is 5.11 Å². The molecule has 0 saturated carbocycles. The van der Waals surface area contributed by atoms with E-state index in [0.29, 0.717) is 12.1 Å². The third-order valence-corrected chi connectivity index (χ3v) is 2.53. The Morgan fingerprint density at radius 2 is 2.06 bits per heavy atom. The summed E-state index contributed by atoms with van der Waals surface area (Å²) >= 11 is 5.54. The average Bonchev–Trinajstić information content (AvgIpc) is 2.25. The van der Waals surface area contributed by atoms with Crippen molar-refractivity contribution in [3.05, 3.63) is 34.4 Å². The van der Waals surface area contributed by atoms with Gasteiger partial charge in [0.2, 0.25) is 0 Å². The number of benzene rings is 1. The molecule has 96 valence electrons. The van der Waals surface area contributed by atoms with E-state index >= 15 is 0 Å². The molecule has 3 nitrogen and oxygen atoms in total. The van der Waals surface area contributed by atoms with Crippen LogP contribution in [0.25, 0.3) is 0 Å². The van der Waals surface area contributed by atoms with Crippen LogP contribution in [0.5, 0.6) is 0 Å². The van der Waals surface area contributed by atoms with Gasteiger partial charge in [-0.15, -0.1) is 11.6 Å². The Labute approximate surface area is 105 Å². The second kappa shape index (κ2) is 5.27. The van der Waals surface area contributed by atoms with Crippen molar-refractivity contribution in [2.45, 2.75) is 18.5 Å². The molecule has 0 fully saturated rings. The van der Waals surface area contributed by atoms with Gasteiger partial charge in [-0.25, -0.2) is 0 Å². The molecule has 0 bridgehead atoms. The lowest BCUT2D eigenvalue weighted by atomic mass is 9.97. The molecule has 1 rings (SSSR count). The fraction of sp³-hybridized carbons (Fsp3) is 0.273. The fourth-order valence-electron chi connectivity index (χ4n) is 1.47. The lowest BCUT2D eigenvalue weighted by molar-refractivity contribution is -0.138. The minimum atomic E-state index is -4.64. The van der Waals surface area contributed by atoms with Gasteiger partial charge in [-0.3, -0.25) is 4.79 Å². The number of aliphatic carboxylic acids is 1. The summed E-state index contributed by atoms with van der Waals surface area (Å²) in [5.74, 6) is -1.51.